The first-order valence-electron chi connectivity index (χ1n) is 2.30. The van der Waals surface area contributed by atoms with E-state index in [4.69, 9.17) is 19.6 Å². The normalized spacial score (nSPS) is 12.1. The summed E-state index contributed by atoms with van der Waals surface area (Å²) in [5.74, 6) is 0. The van der Waals surface area contributed by atoms with Crippen LogP contribution in [0.3, 0.4) is 0 Å². The van der Waals surface area contributed by atoms with Crippen LogP contribution in [0.2, 0.25) is 0 Å². The van der Waals surface area contributed by atoms with Gasteiger partial charge in [0.2, 0.25) is 0 Å². The average Bonchev–Trinajstić information content (AvgIpc) is 1.59. The molecule has 0 aromatic heterocycles. The summed E-state index contributed by atoms with van der Waals surface area (Å²) in [6.07, 6.45) is 1.06. The lowest BCUT2D eigenvalue weighted by Crippen LogP contribution is -1.95. The average molecular weight is 187 g/mol. The van der Waals surface area contributed by atoms with Gasteiger partial charge in [-0.1, -0.05) is 10.9 Å². The minimum Gasteiger partial charge on any atom is -0.326 e. The van der Waals surface area contributed by atoms with Gasteiger partial charge in [-0.15, -0.1) is 0 Å². The Morgan fingerprint density at radius 2 is 2.00 bits per heavy atom. The Balaban J connectivity index is 3.73. The Hall–Kier alpha value is 0.400. The Labute approximate surface area is 60.2 Å². The van der Waals surface area contributed by atoms with Gasteiger partial charge < -0.3 is 9.79 Å². The molecule has 0 rings (SSSR count). The van der Waals surface area contributed by atoms with E-state index >= 15 is 0 Å². The summed E-state index contributed by atoms with van der Waals surface area (Å²) in [7, 11) is -6.29. The number of allylic oxidation sites excluding steroid dienone is 1. The topological polar surface area (TPSA) is 90.2 Å². The second-order valence-corrected chi connectivity index (χ2v) is 4.32. The van der Waals surface area contributed by atoms with E-state index in [2.05, 4.69) is 10.9 Å². The first-order chi connectivity index (χ1) is 4.48. The van der Waals surface area contributed by atoms with E-state index in [1.807, 2.05) is 0 Å². The van der Waals surface area contributed by atoms with E-state index in [9.17, 15) is 0 Å². The largest absolute Gasteiger partial charge is 0.419 e. The van der Waals surface area contributed by atoms with Crippen molar-refractivity contribution in [1.29, 1.82) is 0 Å². The zero-order valence-electron chi connectivity index (χ0n) is 5.08. The smallest absolute Gasteiger partial charge is 0.326 e. The molecule has 7 heteroatoms. The Bertz CT molecular complexity index is 113. The second kappa shape index (κ2) is 4.31. The molecule has 0 spiro atoms. The molecule has 0 aliphatic heterocycles. The van der Waals surface area contributed by atoms with Gasteiger partial charge in [0.05, 0.1) is 0 Å². The van der Waals surface area contributed by atoms with Gasteiger partial charge in [0.15, 0.2) is 6.16 Å². The quantitative estimate of drug-likeness (QED) is 0.371. The number of hydrogen-bond donors (Lipinski definition) is 4. The molecule has 10 heavy (non-hydrogen) atoms. The first-order valence-corrected chi connectivity index (χ1v) is 5.26. The number of rotatable bonds is 4. The maximum absolute atomic E-state index is 8.75. The van der Waals surface area contributed by atoms with Gasteiger partial charge in [0, 0.05) is 0 Å². The van der Waals surface area contributed by atoms with Crippen molar-refractivity contribution in [3.05, 3.63) is 12.7 Å². The molecule has 0 heterocycles. The molecule has 0 amide bonds. The Kier molecular flexibility index (Phi) is 4.49. The van der Waals surface area contributed by atoms with Crippen LogP contribution in [0.15, 0.2) is 12.7 Å². The minimum atomic E-state index is -3.59. The molecule has 5 nitrogen and oxygen atoms in total. The summed E-state index contributed by atoms with van der Waals surface area (Å²) in [4.78, 5) is 33.9. The molecule has 0 bridgehead atoms. The molecule has 0 aliphatic rings. The predicted molar refractivity (Wildman–Crippen MR) is 38.9 cm³/mol. The lowest BCUT2D eigenvalue weighted by Gasteiger charge is -2.07. The summed E-state index contributed by atoms with van der Waals surface area (Å²) in [6.45, 7) is 3.22. The fourth-order valence-electron chi connectivity index (χ4n) is 0.318. The molecule has 0 saturated carbocycles. The Morgan fingerprint density at radius 3 is 2.30 bits per heavy atom. The van der Waals surface area contributed by atoms with Gasteiger partial charge in [-0.2, -0.15) is 9.79 Å². The SMILES string of the molecule is C=CC[P+](O)(O)OP(O)O. The molecule has 0 unspecified atom stereocenters. The molecule has 60 valence electrons. The van der Waals surface area contributed by atoms with Gasteiger partial charge in [0.1, 0.15) is 0 Å². The van der Waals surface area contributed by atoms with Crippen LogP contribution in [0.4, 0.5) is 0 Å². The molecule has 0 saturated heterocycles. The van der Waals surface area contributed by atoms with Gasteiger partial charge >= 0.3 is 16.5 Å². The molecule has 0 fully saturated rings. The highest BCUT2D eigenvalue weighted by Crippen LogP contribution is 2.59. The highest BCUT2D eigenvalue weighted by Gasteiger charge is 2.37. The van der Waals surface area contributed by atoms with Crippen LogP contribution in [0.25, 0.3) is 0 Å². The highest BCUT2D eigenvalue weighted by atomic mass is 31.3. The van der Waals surface area contributed by atoms with Crippen molar-refractivity contribution in [2.45, 2.75) is 0 Å². The molecule has 0 aliphatic carbocycles. The lowest BCUT2D eigenvalue weighted by molar-refractivity contribution is 0.303. The van der Waals surface area contributed by atoms with Gasteiger partial charge in [-0.05, 0) is 6.08 Å². The van der Waals surface area contributed by atoms with E-state index in [1.165, 1.54) is 6.08 Å². The van der Waals surface area contributed by atoms with Crippen molar-refractivity contribution in [3.8, 4) is 0 Å². The molecular formula is C3H9O5P2+. The van der Waals surface area contributed by atoms with Gasteiger partial charge in [-0.3, -0.25) is 0 Å². The van der Waals surface area contributed by atoms with Crippen molar-refractivity contribution < 1.29 is 23.9 Å². The maximum atomic E-state index is 8.75. The summed E-state index contributed by atoms with van der Waals surface area (Å²) in [6, 6.07) is 0. The van der Waals surface area contributed by atoms with Gasteiger partial charge in [-0.25, -0.2) is 0 Å². The fourth-order valence-corrected chi connectivity index (χ4v) is 1.86. The first kappa shape index (κ1) is 10.4. The molecule has 4 N–H and O–H groups in total. The molecule has 0 aromatic carbocycles. The van der Waals surface area contributed by atoms with E-state index in [-0.39, 0.29) is 6.16 Å². The minimum absolute atomic E-state index is 0.174. The highest BCUT2D eigenvalue weighted by molar-refractivity contribution is 7.66. The lowest BCUT2D eigenvalue weighted by atomic mass is 10.8. The molecular weight excluding hydrogens is 178 g/mol. The van der Waals surface area contributed by atoms with E-state index in [0.717, 1.165) is 0 Å². The molecule has 0 aromatic rings. The van der Waals surface area contributed by atoms with Gasteiger partial charge in [0.25, 0.3) is 0 Å². The van der Waals surface area contributed by atoms with E-state index < -0.39 is 16.5 Å². The van der Waals surface area contributed by atoms with Crippen LogP contribution in [-0.4, -0.2) is 25.7 Å². The molecule has 0 radical (unpaired) electrons. The summed E-state index contributed by atoms with van der Waals surface area (Å²) >= 11 is 0. The van der Waals surface area contributed by atoms with E-state index in [0.29, 0.717) is 0 Å². The zero-order valence-corrected chi connectivity index (χ0v) is 6.87. The second-order valence-electron chi connectivity index (χ2n) is 1.47. The van der Waals surface area contributed by atoms with Crippen molar-refractivity contribution in [1.82, 2.24) is 0 Å². The van der Waals surface area contributed by atoms with Crippen LogP contribution >= 0.6 is 16.5 Å². The predicted octanol–water partition coefficient (Wildman–Crippen LogP) is 0.148. The standard InChI is InChI=1S/C3H9O5P2/c1-2-3-10(6,7)8-9(4)5/h2,4-7H,1,3H2/q+1. The third-order valence-electron chi connectivity index (χ3n) is 0.571. The zero-order chi connectivity index (χ0) is 8.20. The summed E-state index contributed by atoms with van der Waals surface area (Å²) < 4.78 is 4.00. The van der Waals surface area contributed by atoms with Crippen LogP contribution in [-0.2, 0) is 4.31 Å². The van der Waals surface area contributed by atoms with Crippen LogP contribution in [0, 0.1) is 0 Å². The van der Waals surface area contributed by atoms with E-state index in [1.54, 1.807) is 0 Å². The third-order valence-corrected chi connectivity index (χ3v) is 2.93. The third kappa shape index (κ3) is 5.21. The maximum Gasteiger partial charge on any atom is 0.419 e. The molecule has 0 atom stereocenters. The Morgan fingerprint density at radius 1 is 1.50 bits per heavy atom. The van der Waals surface area contributed by atoms with Crippen LogP contribution in [0.1, 0.15) is 0 Å². The number of hydrogen-bond acceptors (Lipinski definition) is 5. The van der Waals surface area contributed by atoms with Crippen LogP contribution in [0.5, 0.6) is 0 Å². The fraction of sp³-hybridized carbons (Fsp3) is 0.333. The van der Waals surface area contributed by atoms with Crippen molar-refractivity contribution >= 4 is 16.5 Å². The van der Waals surface area contributed by atoms with Crippen LogP contribution < -0.4 is 0 Å². The monoisotopic (exact) mass is 187 g/mol. The summed E-state index contributed by atoms with van der Waals surface area (Å²) in [5.41, 5.74) is 0. The van der Waals surface area contributed by atoms with Crippen molar-refractivity contribution in [3.63, 3.8) is 0 Å². The van der Waals surface area contributed by atoms with Crippen molar-refractivity contribution in [2.24, 2.45) is 0 Å². The summed E-state index contributed by atoms with van der Waals surface area (Å²) in [5, 5.41) is 0. The van der Waals surface area contributed by atoms with Crippen molar-refractivity contribution in [2.75, 3.05) is 6.16 Å².